The first-order valence-electron chi connectivity index (χ1n) is 5.08. The third-order valence-corrected chi connectivity index (χ3v) is 2.75. The minimum Gasteiger partial charge on any atom is -0.330 e. The Hall–Kier alpha value is -0.840. The lowest BCUT2D eigenvalue weighted by Crippen LogP contribution is -2.20. The van der Waals surface area contributed by atoms with Crippen LogP contribution in [0.4, 0.5) is 10.1 Å². The van der Waals surface area contributed by atoms with E-state index in [1.165, 1.54) is 12.1 Å². The van der Waals surface area contributed by atoms with Crippen LogP contribution in [0.5, 0.6) is 0 Å². The smallest absolute Gasteiger partial charge is 0.224 e. The molecule has 1 aromatic carbocycles. The Morgan fingerprint density at radius 2 is 2.00 bits per heavy atom. The van der Waals surface area contributed by atoms with Crippen molar-refractivity contribution in [3.63, 3.8) is 0 Å². The Labute approximate surface area is 109 Å². The standard InChI is InChI=1S/C11H13Cl2FN2O/c1-6(5-15)2-10(17)16-7-3-8(12)11(14)9(13)4-7/h3-4,6H,2,5,15H2,1H3,(H,16,17). The molecular formula is C11H13Cl2FN2O. The molecule has 0 saturated heterocycles. The summed E-state index contributed by atoms with van der Waals surface area (Å²) >= 11 is 11.2. The lowest BCUT2D eigenvalue weighted by atomic mass is 10.1. The number of nitrogens with one attached hydrogen (secondary N) is 1. The molecule has 0 radical (unpaired) electrons. The molecule has 1 atom stereocenters. The lowest BCUT2D eigenvalue weighted by Gasteiger charge is -2.10. The zero-order valence-electron chi connectivity index (χ0n) is 9.27. The molecule has 3 N–H and O–H groups in total. The van der Waals surface area contributed by atoms with Crippen molar-refractivity contribution in [1.29, 1.82) is 0 Å². The van der Waals surface area contributed by atoms with Gasteiger partial charge in [0.2, 0.25) is 5.91 Å². The van der Waals surface area contributed by atoms with Crippen LogP contribution in [0, 0.1) is 11.7 Å². The largest absolute Gasteiger partial charge is 0.330 e. The monoisotopic (exact) mass is 278 g/mol. The molecular weight excluding hydrogens is 266 g/mol. The van der Waals surface area contributed by atoms with Gasteiger partial charge >= 0.3 is 0 Å². The number of hydrogen-bond donors (Lipinski definition) is 2. The molecule has 17 heavy (non-hydrogen) atoms. The van der Waals surface area contributed by atoms with E-state index in [1.54, 1.807) is 0 Å². The van der Waals surface area contributed by atoms with Crippen molar-refractivity contribution in [1.82, 2.24) is 0 Å². The number of anilines is 1. The van der Waals surface area contributed by atoms with Crippen molar-refractivity contribution in [2.24, 2.45) is 11.7 Å². The highest BCUT2D eigenvalue weighted by atomic mass is 35.5. The van der Waals surface area contributed by atoms with Gasteiger partial charge < -0.3 is 11.1 Å². The van der Waals surface area contributed by atoms with Gasteiger partial charge in [-0.15, -0.1) is 0 Å². The first-order valence-corrected chi connectivity index (χ1v) is 5.84. The maximum atomic E-state index is 13.1. The topological polar surface area (TPSA) is 55.1 Å². The molecule has 6 heteroatoms. The molecule has 1 aromatic rings. The summed E-state index contributed by atoms with van der Waals surface area (Å²) in [6.45, 7) is 2.29. The Bertz CT molecular complexity index is 403. The van der Waals surface area contributed by atoms with Crippen LogP contribution >= 0.6 is 23.2 Å². The van der Waals surface area contributed by atoms with Gasteiger partial charge in [-0.3, -0.25) is 4.79 Å². The molecule has 0 aliphatic rings. The minimum absolute atomic E-state index is 0.0846. The number of rotatable bonds is 4. The molecule has 1 rings (SSSR count). The fraction of sp³-hybridized carbons (Fsp3) is 0.364. The van der Waals surface area contributed by atoms with E-state index in [4.69, 9.17) is 28.9 Å². The molecule has 1 unspecified atom stereocenters. The minimum atomic E-state index is -0.693. The van der Waals surface area contributed by atoms with Crippen LogP contribution in [0.3, 0.4) is 0 Å². The number of hydrogen-bond acceptors (Lipinski definition) is 2. The van der Waals surface area contributed by atoms with Crippen LogP contribution in [0.2, 0.25) is 10.0 Å². The molecule has 0 aliphatic heterocycles. The molecule has 3 nitrogen and oxygen atoms in total. The van der Waals surface area contributed by atoms with Crippen LogP contribution < -0.4 is 11.1 Å². The first-order chi connectivity index (χ1) is 7.93. The summed E-state index contributed by atoms with van der Waals surface area (Å²) in [7, 11) is 0. The second-order valence-corrected chi connectivity index (χ2v) is 4.66. The molecule has 0 bridgehead atoms. The van der Waals surface area contributed by atoms with E-state index in [-0.39, 0.29) is 21.9 Å². The third kappa shape index (κ3) is 4.15. The van der Waals surface area contributed by atoms with E-state index >= 15 is 0 Å². The molecule has 1 amide bonds. The van der Waals surface area contributed by atoms with E-state index in [2.05, 4.69) is 5.32 Å². The van der Waals surface area contributed by atoms with Gasteiger partial charge in [0.1, 0.15) is 0 Å². The fourth-order valence-electron chi connectivity index (χ4n) is 1.24. The van der Waals surface area contributed by atoms with Gasteiger partial charge in [-0.25, -0.2) is 4.39 Å². The van der Waals surface area contributed by atoms with Gasteiger partial charge in [0.05, 0.1) is 10.0 Å². The molecule has 0 aliphatic carbocycles. The van der Waals surface area contributed by atoms with Gasteiger partial charge in [-0.05, 0) is 24.6 Å². The average Bonchev–Trinajstić information content (AvgIpc) is 2.25. The number of carbonyl (C=O) groups excluding carboxylic acids is 1. The summed E-state index contributed by atoms with van der Waals surface area (Å²) in [5, 5.41) is 2.34. The summed E-state index contributed by atoms with van der Waals surface area (Å²) in [6, 6.07) is 2.63. The van der Waals surface area contributed by atoms with E-state index in [0.29, 0.717) is 18.7 Å². The molecule has 94 valence electrons. The van der Waals surface area contributed by atoms with Gasteiger partial charge in [-0.2, -0.15) is 0 Å². The van der Waals surface area contributed by atoms with Gasteiger partial charge in [0.15, 0.2) is 5.82 Å². The number of nitrogens with two attached hydrogens (primary N) is 1. The summed E-state index contributed by atoms with van der Waals surface area (Å²) in [5.74, 6) is -0.815. The maximum Gasteiger partial charge on any atom is 0.224 e. The zero-order chi connectivity index (χ0) is 13.0. The summed E-state index contributed by atoms with van der Waals surface area (Å²) in [5.41, 5.74) is 5.78. The normalized spacial score (nSPS) is 12.3. The third-order valence-electron chi connectivity index (χ3n) is 2.20. The Kier molecular flexibility index (Phi) is 5.18. The average molecular weight is 279 g/mol. The summed E-state index contributed by atoms with van der Waals surface area (Å²) < 4.78 is 13.1. The molecule has 0 fully saturated rings. The van der Waals surface area contributed by atoms with E-state index < -0.39 is 5.82 Å². The highest BCUT2D eigenvalue weighted by Crippen LogP contribution is 2.27. The number of benzene rings is 1. The molecule has 0 saturated carbocycles. The summed E-state index contributed by atoms with van der Waals surface area (Å²) in [4.78, 5) is 11.5. The predicted molar refractivity (Wildman–Crippen MR) is 67.9 cm³/mol. The number of amides is 1. The van der Waals surface area contributed by atoms with Crippen molar-refractivity contribution in [3.8, 4) is 0 Å². The first kappa shape index (κ1) is 14.2. The van der Waals surface area contributed by atoms with Crippen molar-refractivity contribution >= 4 is 34.8 Å². The van der Waals surface area contributed by atoms with E-state index in [9.17, 15) is 9.18 Å². The van der Waals surface area contributed by atoms with Gasteiger partial charge in [0, 0.05) is 12.1 Å². The fourth-order valence-corrected chi connectivity index (χ4v) is 1.73. The Balaban J connectivity index is 2.72. The maximum absolute atomic E-state index is 13.1. The van der Waals surface area contributed by atoms with Crippen molar-refractivity contribution in [2.75, 3.05) is 11.9 Å². The molecule has 0 aromatic heterocycles. The second kappa shape index (κ2) is 6.19. The van der Waals surface area contributed by atoms with Crippen LogP contribution in [0.25, 0.3) is 0 Å². The van der Waals surface area contributed by atoms with Crippen molar-refractivity contribution in [3.05, 3.63) is 28.0 Å². The van der Waals surface area contributed by atoms with Crippen LogP contribution in [-0.2, 0) is 4.79 Å². The van der Waals surface area contributed by atoms with Crippen molar-refractivity contribution in [2.45, 2.75) is 13.3 Å². The van der Waals surface area contributed by atoms with Crippen LogP contribution in [-0.4, -0.2) is 12.5 Å². The van der Waals surface area contributed by atoms with Gasteiger partial charge in [0.25, 0.3) is 0 Å². The molecule has 0 spiro atoms. The molecule has 0 heterocycles. The SMILES string of the molecule is CC(CN)CC(=O)Nc1cc(Cl)c(F)c(Cl)c1. The predicted octanol–water partition coefficient (Wildman–Crippen LogP) is 3.06. The Morgan fingerprint density at radius 3 is 2.47 bits per heavy atom. The van der Waals surface area contributed by atoms with Crippen LogP contribution in [0.15, 0.2) is 12.1 Å². The summed E-state index contributed by atoms with van der Waals surface area (Å²) in [6.07, 6.45) is 0.295. The van der Waals surface area contributed by atoms with E-state index in [1.807, 2.05) is 6.92 Å². The Morgan fingerprint density at radius 1 is 1.47 bits per heavy atom. The second-order valence-electron chi connectivity index (χ2n) is 3.85. The lowest BCUT2D eigenvalue weighted by molar-refractivity contribution is -0.116. The number of halogens is 3. The highest BCUT2D eigenvalue weighted by Gasteiger charge is 2.11. The zero-order valence-corrected chi connectivity index (χ0v) is 10.8. The highest BCUT2D eigenvalue weighted by molar-refractivity contribution is 6.35. The quantitative estimate of drug-likeness (QED) is 0.832. The number of carbonyl (C=O) groups is 1. The van der Waals surface area contributed by atoms with Gasteiger partial charge in [-0.1, -0.05) is 30.1 Å². The van der Waals surface area contributed by atoms with Crippen LogP contribution in [0.1, 0.15) is 13.3 Å². The van der Waals surface area contributed by atoms with Crippen molar-refractivity contribution < 1.29 is 9.18 Å². The van der Waals surface area contributed by atoms with E-state index in [0.717, 1.165) is 0 Å².